The molecule has 2 aromatic rings. The number of nitrogens with zero attached hydrogens (tertiary/aromatic N) is 1. The number of carbonyl (C=O) groups is 1. The van der Waals surface area contributed by atoms with Gasteiger partial charge in [-0.25, -0.2) is 9.78 Å². The summed E-state index contributed by atoms with van der Waals surface area (Å²) in [5.41, 5.74) is 13.6. The van der Waals surface area contributed by atoms with E-state index in [0.717, 1.165) is 6.08 Å². The van der Waals surface area contributed by atoms with Crippen LogP contribution >= 0.6 is 0 Å². The molecule has 82 valence electrons. The van der Waals surface area contributed by atoms with Crippen LogP contribution in [-0.2, 0) is 4.79 Å². The van der Waals surface area contributed by atoms with Crippen LogP contribution in [0.5, 0.6) is 0 Å². The number of nitrogen functional groups attached to an aromatic ring is 2. The summed E-state index contributed by atoms with van der Waals surface area (Å²) in [4.78, 5) is 17.3. The first kappa shape index (κ1) is 10.0. The van der Waals surface area contributed by atoms with Crippen LogP contribution in [0.3, 0.4) is 0 Å². The van der Waals surface area contributed by atoms with Crippen molar-refractivity contribution in [2.75, 3.05) is 11.5 Å². The van der Waals surface area contributed by atoms with Gasteiger partial charge in [0.2, 0.25) is 0 Å². The Kier molecular flexibility index (Phi) is 2.24. The fourth-order valence-electron chi connectivity index (χ4n) is 1.47. The summed E-state index contributed by atoms with van der Waals surface area (Å²) in [6, 6.07) is 3.33. The molecule has 0 aliphatic carbocycles. The van der Waals surface area contributed by atoms with Crippen molar-refractivity contribution in [3.8, 4) is 0 Å². The number of nitrogens with one attached hydrogen (secondary N) is 1. The van der Waals surface area contributed by atoms with Gasteiger partial charge in [-0.1, -0.05) is 0 Å². The van der Waals surface area contributed by atoms with Gasteiger partial charge in [-0.2, -0.15) is 0 Å². The first-order valence-corrected chi connectivity index (χ1v) is 4.52. The zero-order chi connectivity index (χ0) is 11.7. The number of aromatic amines is 1. The number of nitrogens with two attached hydrogens (primary N) is 2. The highest BCUT2D eigenvalue weighted by Gasteiger charge is 2.05. The van der Waals surface area contributed by atoms with Gasteiger partial charge in [-0.15, -0.1) is 0 Å². The normalized spacial score (nSPS) is 11.2. The Hall–Kier alpha value is -2.50. The maximum absolute atomic E-state index is 10.4. The molecule has 1 aromatic heterocycles. The topological polar surface area (TPSA) is 118 Å². The Labute approximate surface area is 90.6 Å². The third-order valence-corrected chi connectivity index (χ3v) is 2.06. The monoisotopic (exact) mass is 218 g/mol. The standard InChI is InChI=1S/C10H10N4O2/c11-6-3-5(1-2-8(15)16)9-7(4-6)13-10(12)14-9/h1-4H,11H2,(H,15,16)(H3,12,13,14). The van der Waals surface area contributed by atoms with Crippen LogP contribution in [0.25, 0.3) is 17.1 Å². The third-order valence-electron chi connectivity index (χ3n) is 2.06. The van der Waals surface area contributed by atoms with E-state index >= 15 is 0 Å². The van der Waals surface area contributed by atoms with Gasteiger partial charge >= 0.3 is 5.97 Å². The van der Waals surface area contributed by atoms with Crippen LogP contribution in [0.4, 0.5) is 11.6 Å². The Morgan fingerprint density at radius 3 is 2.88 bits per heavy atom. The highest BCUT2D eigenvalue weighted by molar-refractivity contribution is 5.93. The second-order valence-electron chi connectivity index (χ2n) is 3.30. The minimum atomic E-state index is -1.03. The summed E-state index contributed by atoms with van der Waals surface area (Å²) in [7, 11) is 0. The molecule has 6 N–H and O–H groups in total. The van der Waals surface area contributed by atoms with Crippen LogP contribution in [-0.4, -0.2) is 21.0 Å². The summed E-state index contributed by atoms with van der Waals surface area (Å²) < 4.78 is 0. The van der Waals surface area contributed by atoms with Crippen molar-refractivity contribution in [3.05, 3.63) is 23.8 Å². The summed E-state index contributed by atoms with van der Waals surface area (Å²) in [6.45, 7) is 0. The highest BCUT2D eigenvalue weighted by Crippen LogP contribution is 2.22. The van der Waals surface area contributed by atoms with E-state index in [4.69, 9.17) is 16.6 Å². The molecule has 6 heteroatoms. The van der Waals surface area contributed by atoms with E-state index in [-0.39, 0.29) is 5.95 Å². The van der Waals surface area contributed by atoms with Crippen LogP contribution in [0.15, 0.2) is 18.2 Å². The van der Waals surface area contributed by atoms with Gasteiger partial charge in [0.25, 0.3) is 0 Å². The second kappa shape index (κ2) is 3.58. The quantitative estimate of drug-likeness (QED) is 0.439. The molecule has 0 atom stereocenters. The van der Waals surface area contributed by atoms with Crippen LogP contribution in [0.1, 0.15) is 5.56 Å². The number of aromatic nitrogens is 2. The lowest BCUT2D eigenvalue weighted by Crippen LogP contribution is -1.89. The largest absolute Gasteiger partial charge is 0.478 e. The maximum atomic E-state index is 10.4. The Morgan fingerprint density at radius 2 is 2.19 bits per heavy atom. The maximum Gasteiger partial charge on any atom is 0.328 e. The molecular formula is C10H10N4O2. The molecule has 0 spiro atoms. The Bertz CT molecular complexity index is 586. The third kappa shape index (κ3) is 1.81. The molecule has 0 fully saturated rings. The lowest BCUT2D eigenvalue weighted by atomic mass is 10.1. The van der Waals surface area contributed by atoms with E-state index in [9.17, 15) is 4.79 Å². The lowest BCUT2D eigenvalue weighted by Gasteiger charge is -1.97. The minimum Gasteiger partial charge on any atom is -0.478 e. The molecule has 16 heavy (non-hydrogen) atoms. The molecule has 0 unspecified atom stereocenters. The zero-order valence-electron chi connectivity index (χ0n) is 8.27. The predicted molar refractivity (Wildman–Crippen MR) is 61.6 cm³/mol. The van der Waals surface area contributed by atoms with Crippen LogP contribution < -0.4 is 11.5 Å². The summed E-state index contributed by atoms with van der Waals surface area (Å²) in [5, 5.41) is 8.55. The van der Waals surface area contributed by atoms with Crippen LogP contribution in [0, 0.1) is 0 Å². The number of imidazole rings is 1. The highest BCUT2D eigenvalue weighted by atomic mass is 16.4. The first-order chi connectivity index (χ1) is 7.56. The molecule has 0 saturated carbocycles. The number of H-pyrrole nitrogens is 1. The number of hydrogen-bond donors (Lipinski definition) is 4. The summed E-state index contributed by atoms with van der Waals surface area (Å²) >= 11 is 0. The number of aliphatic carboxylic acids is 1. The number of hydrogen-bond acceptors (Lipinski definition) is 4. The molecule has 0 saturated heterocycles. The molecule has 0 amide bonds. The van der Waals surface area contributed by atoms with Crippen molar-refractivity contribution in [1.29, 1.82) is 0 Å². The van der Waals surface area contributed by atoms with Gasteiger partial charge in [0.15, 0.2) is 5.95 Å². The average molecular weight is 218 g/mol. The number of anilines is 2. The van der Waals surface area contributed by atoms with E-state index in [2.05, 4.69) is 9.97 Å². The molecule has 1 heterocycles. The van der Waals surface area contributed by atoms with Crippen molar-refractivity contribution >= 4 is 34.7 Å². The Balaban J connectivity index is 2.62. The molecule has 2 rings (SSSR count). The van der Waals surface area contributed by atoms with Gasteiger partial charge in [0.1, 0.15) is 0 Å². The van der Waals surface area contributed by atoms with Gasteiger partial charge in [-0.3, -0.25) is 0 Å². The van der Waals surface area contributed by atoms with Crippen molar-refractivity contribution in [1.82, 2.24) is 9.97 Å². The first-order valence-electron chi connectivity index (χ1n) is 4.52. The van der Waals surface area contributed by atoms with E-state index < -0.39 is 5.97 Å². The summed E-state index contributed by atoms with van der Waals surface area (Å²) in [6.07, 6.45) is 2.46. The molecular weight excluding hydrogens is 208 g/mol. The molecule has 1 aromatic carbocycles. The molecule has 0 aliphatic rings. The smallest absolute Gasteiger partial charge is 0.328 e. The van der Waals surface area contributed by atoms with Gasteiger partial charge in [-0.05, 0) is 18.2 Å². The van der Waals surface area contributed by atoms with Crippen molar-refractivity contribution in [2.24, 2.45) is 0 Å². The Morgan fingerprint density at radius 1 is 1.44 bits per heavy atom. The number of fused-ring (bicyclic) bond motifs is 1. The van der Waals surface area contributed by atoms with Crippen LogP contribution in [0.2, 0.25) is 0 Å². The minimum absolute atomic E-state index is 0.269. The van der Waals surface area contributed by atoms with E-state index in [1.165, 1.54) is 6.08 Å². The fraction of sp³-hybridized carbons (Fsp3) is 0. The lowest BCUT2D eigenvalue weighted by molar-refractivity contribution is -0.131. The molecule has 0 aliphatic heterocycles. The molecule has 6 nitrogen and oxygen atoms in total. The molecule has 0 radical (unpaired) electrons. The number of carboxylic acids is 1. The predicted octanol–water partition coefficient (Wildman–Crippen LogP) is 0.825. The SMILES string of the molecule is Nc1cc(C=CC(=O)O)c2nc(N)[nH]c2c1. The summed E-state index contributed by atoms with van der Waals surface area (Å²) in [5.74, 6) is -0.760. The second-order valence-corrected chi connectivity index (χ2v) is 3.30. The van der Waals surface area contributed by atoms with E-state index in [1.807, 2.05) is 0 Å². The molecule has 0 bridgehead atoms. The number of rotatable bonds is 2. The van der Waals surface area contributed by atoms with Gasteiger partial charge in [0, 0.05) is 17.3 Å². The number of carboxylic acid groups (broad SMARTS) is 1. The average Bonchev–Trinajstić information content (AvgIpc) is 2.54. The van der Waals surface area contributed by atoms with Crippen molar-refractivity contribution in [3.63, 3.8) is 0 Å². The zero-order valence-corrected chi connectivity index (χ0v) is 8.27. The van der Waals surface area contributed by atoms with Gasteiger partial charge < -0.3 is 21.6 Å². The fourth-order valence-corrected chi connectivity index (χ4v) is 1.47. The van der Waals surface area contributed by atoms with E-state index in [1.54, 1.807) is 12.1 Å². The van der Waals surface area contributed by atoms with Gasteiger partial charge in [0.05, 0.1) is 11.0 Å². The van der Waals surface area contributed by atoms with E-state index in [0.29, 0.717) is 22.3 Å². The number of benzene rings is 1. The van der Waals surface area contributed by atoms with Crippen molar-refractivity contribution in [2.45, 2.75) is 0 Å². The van der Waals surface area contributed by atoms with Crippen molar-refractivity contribution < 1.29 is 9.90 Å².